The lowest BCUT2D eigenvalue weighted by molar-refractivity contribution is -0.141. The van der Waals surface area contributed by atoms with Crippen LogP contribution in [0.3, 0.4) is 0 Å². The number of hydrogen-bond donors (Lipinski definition) is 0. The molecule has 3 aromatic rings. The molecule has 0 aliphatic carbocycles. The second-order valence-corrected chi connectivity index (χ2v) is 8.55. The summed E-state index contributed by atoms with van der Waals surface area (Å²) in [6, 6.07) is 21.1. The summed E-state index contributed by atoms with van der Waals surface area (Å²) in [6.45, 7) is 2.69. The Morgan fingerprint density at radius 2 is 1.70 bits per heavy atom. The highest BCUT2D eigenvalue weighted by atomic mass is 19.1. The first kappa shape index (κ1) is 21.4. The second kappa shape index (κ2) is 9.19. The third kappa shape index (κ3) is 4.83. The van der Waals surface area contributed by atoms with Gasteiger partial charge in [-0.25, -0.2) is 4.98 Å². The third-order valence-corrected chi connectivity index (χ3v) is 6.40. The highest BCUT2D eigenvalue weighted by Crippen LogP contribution is 2.34. The molecule has 1 amide bonds. The Labute approximate surface area is 192 Å². The van der Waals surface area contributed by atoms with Crippen LogP contribution in [0.1, 0.15) is 18.4 Å². The van der Waals surface area contributed by atoms with Crippen molar-refractivity contribution in [3.8, 4) is 5.75 Å². The molecule has 170 valence electrons. The van der Waals surface area contributed by atoms with E-state index < -0.39 is 11.5 Å². The van der Waals surface area contributed by atoms with Gasteiger partial charge in [-0.1, -0.05) is 30.3 Å². The summed E-state index contributed by atoms with van der Waals surface area (Å²) < 4.78 is 25.1. The Bertz CT molecular complexity index is 1080. The van der Waals surface area contributed by atoms with Gasteiger partial charge < -0.3 is 19.3 Å². The maximum absolute atomic E-state index is 13.2. The first-order valence-corrected chi connectivity index (χ1v) is 11.2. The molecule has 0 unspecified atom stereocenters. The summed E-state index contributed by atoms with van der Waals surface area (Å²) in [6.07, 6.45) is 3.01. The van der Waals surface area contributed by atoms with Crippen LogP contribution in [0.25, 0.3) is 0 Å². The summed E-state index contributed by atoms with van der Waals surface area (Å²) >= 11 is 0. The second-order valence-electron chi connectivity index (χ2n) is 8.55. The molecular weight excluding hydrogens is 421 g/mol. The number of rotatable bonds is 5. The van der Waals surface area contributed by atoms with Crippen LogP contribution < -0.4 is 14.5 Å². The van der Waals surface area contributed by atoms with Crippen LogP contribution in [-0.2, 0) is 16.1 Å². The number of anilines is 2. The number of piperidine rings is 1. The molecule has 0 radical (unpaired) electrons. The minimum absolute atomic E-state index is 0.0326. The molecule has 0 bridgehead atoms. The first-order valence-electron chi connectivity index (χ1n) is 11.2. The van der Waals surface area contributed by atoms with E-state index in [1.165, 1.54) is 12.3 Å². The number of morpholine rings is 1. The van der Waals surface area contributed by atoms with Gasteiger partial charge in [0, 0.05) is 18.8 Å². The van der Waals surface area contributed by atoms with E-state index in [1.54, 1.807) is 11.0 Å². The van der Waals surface area contributed by atoms with Crippen molar-refractivity contribution in [3.63, 3.8) is 0 Å². The monoisotopic (exact) mass is 447 g/mol. The van der Waals surface area contributed by atoms with Crippen molar-refractivity contribution in [3.05, 3.63) is 84.4 Å². The van der Waals surface area contributed by atoms with Crippen molar-refractivity contribution < 1.29 is 18.7 Å². The maximum Gasteiger partial charge on any atom is 0.253 e. The molecule has 0 N–H and O–H groups in total. The molecular formula is C26H26FN3O3. The highest BCUT2D eigenvalue weighted by Gasteiger charge is 2.42. The zero-order valence-electron chi connectivity index (χ0n) is 18.3. The molecule has 2 saturated heterocycles. The standard InChI is InChI=1S/C26H26FN3O3/c27-24-11-8-22(16-28-24)30-19-26(33-18-25(30)31)12-14-29(15-13-26)21-6-9-23(10-7-21)32-17-20-4-2-1-3-5-20/h1-11,16H,12-15,17-19H2. The van der Waals surface area contributed by atoms with Crippen molar-refractivity contribution in [1.29, 1.82) is 0 Å². The fraction of sp³-hybridized carbons (Fsp3) is 0.308. The van der Waals surface area contributed by atoms with Crippen LogP contribution in [0, 0.1) is 5.95 Å². The summed E-state index contributed by atoms with van der Waals surface area (Å²) in [4.78, 5) is 20.1. The Balaban J connectivity index is 1.19. The van der Waals surface area contributed by atoms with Crippen molar-refractivity contribution in [2.24, 2.45) is 0 Å². The average molecular weight is 448 g/mol. The van der Waals surface area contributed by atoms with Gasteiger partial charge in [-0.05, 0) is 54.8 Å². The van der Waals surface area contributed by atoms with E-state index in [9.17, 15) is 9.18 Å². The molecule has 5 rings (SSSR count). The number of pyridine rings is 1. The summed E-state index contributed by atoms with van der Waals surface area (Å²) in [5.74, 6) is 0.162. The molecule has 2 fully saturated rings. The van der Waals surface area contributed by atoms with Crippen LogP contribution in [0.5, 0.6) is 5.75 Å². The lowest BCUT2D eigenvalue weighted by Crippen LogP contribution is -2.59. The lowest BCUT2D eigenvalue weighted by atomic mass is 9.88. The molecule has 1 aromatic heterocycles. The van der Waals surface area contributed by atoms with E-state index in [2.05, 4.69) is 22.0 Å². The molecule has 2 aliphatic heterocycles. The Kier molecular flexibility index (Phi) is 5.96. The van der Waals surface area contributed by atoms with Gasteiger partial charge in [-0.2, -0.15) is 4.39 Å². The number of carbonyl (C=O) groups excluding carboxylic acids is 1. The van der Waals surface area contributed by atoms with Crippen LogP contribution in [0.15, 0.2) is 72.9 Å². The normalized spacial score (nSPS) is 17.9. The van der Waals surface area contributed by atoms with Crippen LogP contribution in [0.4, 0.5) is 15.8 Å². The van der Waals surface area contributed by atoms with Gasteiger partial charge in [0.1, 0.15) is 19.0 Å². The summed E-state index contributed by atoms with van der Waals surface area (Å²) in [7, 11) is 0. The van der Waals surface area contributed by atoms with E-state index >= 15 is 0 Å². The van der Waals surface area contributed by atoms with E-state index in [0.717, 1.165) is 42.9 Å². The fourth-order valence-electron chi connectivity index (χ4n) is 4.45. The van der Waals surface area contributed by atoms with E-state index in [0.29, 0.717) is 18.8 Å². The zero-order valence-corrected chi connectivity index (χ0v) is 18.3. The number of carbonyl (C=O) groups is 1. The van der Waals surface area contributed by atoms with E-state index in [1.807, 2.05) is 42.5 Å². The quantitative estimate of drug-likeness (QED) is 0.549. The van der Waals surface area contributed by atoms with E-state index in [-0.39, 0.29) is 12.5 Å². The number of hydrogen-bond acceptors (Lipinski definition) is 5. The largest absolute Gasteiger partial charge is 0.489 e. The van der Waals surface area contributed by atoms with Crippen molar-refractivity contribution in [2.75, 3.05) is 36.0 Å². The predicted octanol–water partition coefficient (Wildman–Crippen LogP) is 4.20. The van der Waals surface area contributed by atoms with Gasteiger partial charge in [0.2, 0.25) is 5.95 Å². The molecule has 2 aromatic carbocycles. The number of nitrogens with zero attached hydrogens (tertiary/aromatic N) is 3. The van der Waals surface area contributed by atoms with Crippen LogP contribution in [-0.4, -0.2) is 42.7 Å². The average Bonchev–Trinajstić information content (AvgIpc) is 2.87. The number of halogens is 1. The minimum Gasteiger partial charge on any atom is -0.489 e. The molecule has 7 heteroatoms. The molecule has 33 heavy (non-hydrogen) atoms. The van der Waals surface area contributed by atoms with Gasteiger partial charge in [0.25, 0.3) is 5.91 Å². The van der Waals surface area contributed by atoms with Gasteiger partial charge in [-0.3, -0.25) is 4.79 Å². The van der Waals surface area contributed by atoms with Crippen LogP contribution >= 0.6 is 0 Å². The Hall–Kier alpha value is -3.45. The SMILES string of the molecule is O=C1COC2(CCN(c3ccc(OCc4ccccc4)cc3)CC2)CN1c1ccc(F)nc1. The zero-order chi connectivity index (χ0) is 22.7. The minimum atomic E-state index is -0.557. The van der Waals surface area contributed by atoms with Gasteiger partial charge in [0.15, 0.2) is 0 Å². The number of benzene rings is 2. The molecule has 1 spiro atoms. The van der Waals surface area contributed by atoms with E-state index in [4.69, 9.17) is 9.47 Å². The van der Waals surface area contributed by atoms with Crippen LogP contribution in [0.2, 0.25) is 0 Å². The van der Waals surface area contributed by atoms with Crippen molar-refractivity contribution in [2.45, 2.75) is 25.0 Å². The molecule has 2 aliphatic rings. The Morgan fingerprint density at radius 3 is 2.39 bits per heavy atom. The summed E-state index contributed by atoms with van der Waals surface area (Å²) in [5.41, 5.74) is 2.50. The topological polar surface area (TPSA) is 54.9 Å². The summed E-state index contributed by atoms with van der Waals surface area (Å²) in [5, 5.41) is 0. The number of ether oxygens (including phenoxy) is 2. The smallest absolute Gasteiger partial charge is 0.253 e. The van der Waals surface area contributed by atoms with Crippen molar-refractivity contribution >= 4 is 17.3 Å². The molecule has 0 atom stereocenters. The van der Waals surface area contributed by atoms with Gasteiger partial charge in [0.05, 0.1) is 24.0 Å². The fourth-order valence-corrected chi connectivity index (χ4v) is 4.45. The lowest BCUT2D eigenvalue weighted by Gasteiger charge is -2.47. The molecule has 6 nitrogen and oxygen atoms in total. The third-order valence-electron chi connectivity index (χ3n) is 6.40. The van der Waals surface area contributed by atoms with Gasteiger partial charge in [-0.15, -0.1) is 0 Å². The number of aromatic nitrogens is 1. The Morgan fingerprint density at radius 1 is 0.970 bits per heavy atom. The number of amides is 1. The first-order chi connectivity index (χ1) is 16.1. The predicted molar refractivity (Wildman–Crippen MR) is 124 cm³/mol. The van der Waals surface area contributed by atoms with Gasteiger partial charge >= 0.3 is 0 Å². The van der Waals surface area contributed by atoms with Crippen molar-refractivity contribution in [1.82, 2.24) is 4.98 Å². The molecule has 0 saturated carbocycles. The maximum atomic E-state index is 13.2. The highest BCUT2D eigenvalue weighted by molar-refractivity contribution is 5.95. The molecule has 3 heterocycles.